The van der Waals surface area contributed by atoms with E-state index in [0.717, 1.165) is 24.5 Å². The molecule has 0 aliphatic carbocycles. The van der Waals surface area contributed by atoms with E-state index in [1.807, 2.05) is 56.3 Å². The van der Waals surface area contributed by atoms with Gasteiger partial charge in [0.2, 0.25) is 5.91 Å². The molecule has 2 aromatic carbocycles. The van der Waals surface area contributed by atoms with E-state index in [1.54, 1.807) is 0 Å². The van der Waals surface area contributed by atoms with Crippen LogP contribution in [0.4, 0.5) is 5.69 Å². The van der Waals surface area contributed by atoms with Crippen LogP contribution in [0.2, 0.25) is 0 Å². The third kappa shape index (κ3) is 5.10. The Hall–Kier alpha value is -2.33. The summed E-state index contributed by atoms with van der Waals surface area (Å²) in [7, 11) is 0. The highest BCUT2D eigenvalue weighted by atomic mass is 16.5. The first-order valence-electron chi connectivity index (χ1n) is 8.45. The van der Waals surface area contributed by atoms with E-state index in [-0.39, 0.29) is 11.9 Å². The summed E-state index contributed by atoms with van der Waals surface area (Å²) in [6.07, 6.45) is 0. The fourth-order valence-electron chi connectivity index (χ4n) is 2.55. The molecule has 0 radical (unpaired) electrons. The third-order valence-electron chi connectivity index (χ3n) is 3.99. The molecule has 2 aromatic rings. The summed E-state index contributed by atoms with van der Waals surface area (Å²) in [5.74, 6) is 0.805. The van der Waals surface area contributed by atoms with E-state index in [0.29, 0.717) is 6.61 Å². The average molecular weight is 326 g/mol. The minimum absolute atomic E-state index is 0.00283. The first kappa shape index (κ1) is 18.0. The van der Waals surface area contributed by atoms with Gasteiger partial charge in [-0.2, -0.15) is 0 Å². The topological polar surface area (TPSA) is 41.6 Å². The normalized spacial score (nSPS) is 12.0. The summed E-state index contributed by atoms with van der Waals surface area (Å²) < 4.78 is 5.41. The first-order valence-corrected chi connectivity index (χ1v) is 8.45. The van der Waals surface area contributed by atoms with E-state index < -0.39 is 0 Å². The molecular formula is C20H26N2O2. The molecule has 0 heterocycles. The molecule has 0 saturated heterocycles. The van der Waals surface area contributed by atoms with Gasteiger partial charge in [-0.05, 0) is 50.2 Å². The molecule has 0 bridgehead atoms. The Balaban J connectivity index is 1.96. The van der Waals surface area contributed by atoms with E-state index in [4.69, 9.17) is 4.74 Å². The van der Waals surface area contributed by atoms with Crippen LogP contribution in [0.15, 0.2) is 54.6 Å². The zero-order chi connectivity index (χ0) is 17.4. The molecule has 0 aliphatic heterocycles. The largest absolute Gasteiger partial charge is 0.494 e. The number of hydrogen-bond acceptors (Lipinski definition) is 3. The van der Waals surface area contributed by atoms with Crippen molar-refractivity contribution in [2.24, 2.45) is 0 Å². The summed E-state index contributed by atoms with van der Waals surface area (Å²) in [6, 6.07) is 17.5. The summed E-state index contributed by atoms with van der Waals surface area (Å²) in [6.45, 7) is 8.17. The summed E-state index contributed by atoms with van der Waals surface area (Å²) in [5.41, 5.74) is 1.99. The van der Waals surface area contributed by atoms with Crippen LogP contribution in [-0.4, -0.2) is 30.0 Å². The monoisotopic (exact) mass is 326 g/mol. The number of amides is 1. The number of nitrogens with zero attached hydrogens (tertiary/aromatic N) is 1. The van der Waals surface area contributed by atoms with Crippen molar-refractivity contribution in [2.75, 3.05) is 18.5 Å². The smallest absolute Gasteiger partial charge is 0.241 e. The van der Waals surface area contributed by atoms with E-state index in [9.17, 15) is 4.79 Å². The van der Waals surface area contributed by atoms with Gasteiger partial charge in [-0.15, -0.1) is 0 Å². The molecule has 0 fully saturated rings. The van der Waals surface area contributed by atoms with Crippen LogP contribution in [0.5, 0.6) is 5.75 Å². The van der Waals surface area contributed by atoms with Crippen LogP contribution >= 0.6 is 0 Å². The van der Waals surface area contributed by atoms with Crippen molar-refractivity contribution >= 4 is 11.6 Å². The first-order chi connectivity index (χ1) is 11.6. The summed E-state index contributed by atoms with van der Waals surface area (Å²) >= 11 is 0. The van der Waals surface area contributed by atoms with Gasteiger partial charge in [-0.1, -0.05) is 37.3 Å². The van der Waals surface area contributed by atoms with E-state index in [1.165, 1.54) is 5.56 Å². The Kier molecular flexibility index (Phi) is 6.82. The Morgan fingerprint density at radius 1 is 1.08 bits per heavy atom. The maximum Gasteiger partial charge on any atom is 0.241 e. The van der Waals surface area contributed by atoms with Gasteiger partial charge in [0.15, 0.2) is 0 Å². The zero-order valence-corrected chi connectivity index (χ0v) is 14.7. The van der Waals surface area contributed by atoms with Crippen LogP contribution in [0.25, 0.3) is 0 Å². The average Bonchev–Trinajstić information content (AvgIpc) is 2.62. The molecule has 1 atom stereocenters. The zero-order valence-electron chi connectivity index (χ0n) is 14.7. The lowest BCUT2D eigenvalue weighted by molar-refractivity contribution is -0.120. The number of likely N-dealkylation sites (N-methyl/N-ethyl adjacent to an activating group) is 1. The van der Waals surface area contributed by atoms with Crippen molar-refractivity contribution in [2.45, 2.75) is 33.4 Å². The van der Waals surface area contributed by atoms with Gasteiger partial charge < -0.3 is 10.1 Å². The molecule has 0 aliphatic rings. The van der Waals surface area contributed by atoms with Crippen molar-refractivity contribution in [3.8, 4) is 5.75 Å². The maximum atomic E-state index is 12.5. The summed E-state index contributed by atoms with van der Waals surface area (Å²) in [5, 5.41) is 2.98. The predicted octanol–water partition coefficient (Wildman–Crippen LogP) is 3.93. The Morgan fingerprint density at radius 2 is 1.75 bits per heavy atom. The molecule has 0 spiro atoms. The quantitative estimate of drug-likeness (QED) is 0.799. The molecule has 2 rings (SSSR count). The fourth-order valence-corrected chi connectivity index (χ4v) is 2.55. The minimum atomic E-state index is -0.207. The number of rotatable bonds is 8. The molecule has 4 heteroatoms. The molecule has 0 aromatic heterocycles. The number of carbonyl (C=O) groups is 1. The second-order valence-corrected chi connectivity index (χ2v) is 5.67. The highest BCUT2D eigenvalue weighted by molar-refractivity contribution is 5.94. The fraction of sp³-hybridized carbons (Fsp3) is 0.350. The molecule has 1 unspecified atom stereocenters. The predicted molar refractivity (Wildman–Crippen MR) is 98.2 cm³/mol. The lowest BCUT2D eigenvalue weighted by Crippen LogP contribution is -2.41. The van der Waals surface area contributed by atoms with Crippen LogP contribution in [-0.2, 0) is 11.3 Å². The van der Waals surface area contributed by atoms with Gasteiger partial charge in [0, 0.05) is 12.2 Å². The highest BCUT2D eigenvalue weighted by Crippen LogP contribution is 2.16. The molecule has 1 amide bonds. The molecule has 1 N–H and O–H groups in total. The van der Waals surface area contributed by atoms with Crippen molar-refractivity contribution in [1.82, 2.24) is 4.90 Å². The van der Waals surface area contributed by atoms with Crippen LogP contribution in [0.3, 0.4) is 0 Å². The number of nitrogens with one attached hydrogen (secondary N) is 1. The molecule has 0 saturated carbocycles. The number of hydrogen-bond donors (Lipinski definition) is 1. The maximum absolute atomic E-state index is 12.5. The summed E-state index contributed by atoms with van der Waals surface area (Å²) in [4.78, 5) is 14.7. The van der Waals surface area contributed by atoms with Gasteiger partial charge in [0.1, 0.15) is 5.75 Å². The Bertz CT molecular complexity index is 626. The minimum Gasteiger partial charge on any atom is -0.494 e. The Labute approximate surface area is 144 Å². The van der Waals surface area contributed by atoms with Gasteiger partial charge in [0.05, 0.1) is 12.6 Å². The Morgan fingerprint density at radius 3 is 2.33 bits per heavy atom. The lowest BCUT2D eigenvalue weighted by atomic mass is 10.1. The van der Waals surface area contributed by atoms with Crippen molar-refractivity contribution in [1.29, 1.82) is 0 Å². The van der Waals surface area contributed by atoms with E-state index in [2.05, 4.69) is 29.3 Å². The number of benzene rings is 2. The van der Waals surface area contributed by atoms with Crippen molar-refractivity contribution in [3.05, 3.63) is 60.2 Å². The number of carbonyl (C=O) groups excluding carboxylic acids is 1. The third-order valence-corrected chi connectivity index (χ3v) is 3.99. The molecule has 24 heavy (non-hydrogen) atoms. The van der Waals surface area contributed by atoms with Crippen LogP contribution < -0.4 is 10.1 Å². The SMILES string of the molecule is CCOc1ccc(NC(=O)C(C)N(CC)Cc2ccccc2)cc1. The second kappa shape index (κ2) is 9.08. The number of anilines is 1. The van der Waals surface area contributed by atoms with E-state index >= 15 is 0 Å². The highest BCUT2D eigenvalue weighted by Gasteiger charge is 2.20. The number of ether oxygens (including phenoxy) is 1. The van der Waals surface area contributed by atoms with Gasteiger partial charge in [-0.3, -0.25) is 9.69 Å². The molecular weight excluding hydrogens is 300 g/mol. The van der Waals surface area contributed by atoms with Gasteiger partial charge >= 0.3 is 0 Å². The lowest BCUT2D eigenvalue weighted by Gasteiger charge is -2.27. The van der Waals surface area contributed by atoms with Crippen LogP contribution in [0, 0.1) is 0 Å². The molecule has 128 valence electrons. The van der Waals surface area contributed by atoms with Gasteiger partial charge in [-0.25, -0.2) is 0 Å². The second-order valence-electron chi connectivity index (χ2n) is 5.67. The van der Waals surface area contributed by atoms with Gasteiger partial charge in [0.25, 0.3) is 0 Å². The standard InChI is InChI=1S/C20H26N2O2/c1-4-22(15-17-9-7-6-8-10-17)16(3)20(23)21-18-11-13-19(14-12-18)24-5-2/h6-14,16H,4-5,15H2,1-3H3,(H,21,23). The molecule has 4 nitrogen and oxygen atoms in total. The van der Waals surface area contributed by atoms with Crippen molar-refractivity contribution < 1.29 is 9.53 Å². The van der Waals surface area contributed by atoms with Crippen molar-refractivity contribution in [3.63, 3.8) is 0 Å². The van der Waals surface area contributed by atoms with Crippen LogP contribution in [0.1, 0.15) is 26.3 Å².